The zero-order chi connectivity index (χ0) is 19.5. The first kappa shape index (κ1) is 17.8. The summed E-state index contributed by atoms with van der Waals surface area (Å²) in [6.45, 7) is 1.03. The SMILES string of the molecule is NC(=O)c1nccnc1C(=O)N1CCCC(c2nc(-c3ccccc3)n[nH]2)C1. The second kappa shape index (κ2) is 7.55. The summed E-state index contributed by atoms with van der Waals surface area (Å²) < 4.78 is 0. The molecule has 1 unspecified atom stereocenters. The number of aromatic nitrogens is 5. The Hall–Kier alpha value is -3.62. The maximum atomic E-state index is 12.9. The molecule has 1 fully saturated rings. The van der Waals surface area contributed by atoms with Crippen molar-refractivity contribution in [1.29, 1.82) is 0 Å². The minimum Gasteiger partial charge on any atom is -0.364 e. The number of nitrogens with zero attached hydrogens (tertiary/aromatic N) is 5. The van der Waals surface area contributed by atoms with Gasteiger partial charge >= 0.3 is 0 Å². The van der Waals surface area contributed by atoms with Crippen LogP contribution in [0.1, 0.15) is 45.6 Å². The molecule has 9 nitrogen and oxygen atoms in total. The molecule has 0 radical (unpaired) electrons. The van der Waals surface area contributed by atoms with Gasteiger partial charge in [0.25, 0.3) is 11.8 Å². The van der Waals surface area contributed by atoms with E-state index < -0.39 is 5.91 Å². The summed E-state index contributed by atoms with van der Waals surface area (Å²) in [5, 5.41) is 7.31. The van der Waals surface area contributed by atoms with Crippen LogP contribution >= 0.6 is 0 Å². The summed E-state index contributed by atoms with van der Waals surface area (Å²) in [5.74, 6) is 0.271. The summed E-state index contributed by atoms with van der Waals surface area (Å²) in [4.78, 5) is 38.6. The van der Waals surface area contributed by atoms with Crippen molar-refractivity contribution in [2.75, 3.05) is 13.1 Å². The van der Waals surface area contributed by atoms with Crippen molar-refractivity contribution < 1.29 is 9.59 Å². The van der Waals surface area contributed by atoms with E-state index in [9.17, 15) is 9.59 Å². The summed E-state index contributed by atoms with van der Waals surface area (Å²) in [5.41, 5.74) is 6.13. The number of piperidine rings is 1. The van der Waals surface area contributed by atoms with Crippen molar-refractivity contribution >= 4 is 11.8 Å². The number of H-pyrrole nitrogens is 1. The molecule has 0 saturated carbocycles. The first-order valence-corrected chi connectivity index (χ1v) is 9.01. The first-order chi connectivity index (χ1) is 13.6. The number of nitrogens with two attached hydrogens (primary N) is 1. The van der Waals surface area contributed by atoms with Crippen LogP contribution in [0.4, 0.5) is 0 Å². The molecule has 3 heterocycles. The smallest absolute Gasteiger partial charge is 0.274 e. The van der Waals surface area contributed by atoms with Crippen LogP contribution in [0.5, 0.6) is 0 Å². The van der Waals surface area contributed by atoms with E-state index in [1.165, 1.54) is 12.4 Å². The highest BCUT2D eigenvalue weighted by Crippen LogP contribution is 2.27. The summed E-state index contributed by atoms with van der Waals surface area (Å²) >= 11 is 0. The highest BCUT2D eigenvalue weighted by Gasteiger charge is 2.30. The molecule has 9 heteroatoms. The summed E-state index contributed by atoms with van der Waals surface area (Å²) in [6, 6.07) is 9.70. The fourth-order valence-corrected chi connectivity index (χ4v) is 3.38. The number of carbonyl (C=O) groups excluding carboxylic acids is 2. The highest BCUT2D eigenvalue weighted by atomic mass is 16.2. The molecule has 142 valence electrons. The zero-order valence-corrected chi connectivity index (χ0v) is 15.1. The van der Waals surface area contributed by atoms with Gasteiger partial charge in [-0.15, -0.1) is 0 Å². The number of hydrogen-bond donors (Lipinski definition) is 2. The molecular weight excluding hydrogens is 358 g/mol. The predicted octanol–water partition coefficient (Wildman–Crippen LogP) is 1.38. The maximum Gasteiger partial charge on any atom is 0.274 e. The second-order valence-corrected chi connectivity index (χ2v) is 6.62. The topological polar surface area (TPSA) is 131 Å². The van der Waals surface area contributed by atoms with Crippen LogP contribution in [0.2, 0.25) is 0 Å². The third kappa shape index (κ3) is 3.46. The molecule has 28 heavy (non-hydrogen) atoms. The fraction of sp³-hybridized carbons (Fsp3) is 0.263. The van der Waals surface area contributed by atoms with Gasteiger partial charge in [0.1, 0.15) is 5.82 Å². The lowest BCUT2D eigenvalue weighted by atomic mass is 9.97. The third-order valence-corrected chi connectivity index (χ3v) is 4.76. The van der Waals surface area contributed by atoms with Crippen LogP contribution in [0.3, 0.4) is 0 Å². The van der Waals surface area contributed by atoms with E-state index >= 15 is 0 Å². The average molecular weight is 377 g/mol. The van der Waals surface area contributed by atoms with Crippen molar-refractivity contribution in [2.24, 2.45) is 5.73 Å². The van der Waals surface area contributed by atoms with E-state index in [1.54, 1.807) is 4.90 Å². The third-order valence-electron chi connectivity index (χ3n) is 4.76. The van der Waals surface area contributed by atoms with Crippen molar-refractivity contribution in [3.8, 4) is 11.4 Å². The number of hydrogen-bond acceptors (Lipinski definition) is 6. The lowest BCUT2D eigenvalue weighted by Crippen LogP contribution is -2.40. The Morgan fingerprint density at radius 1 is 1.11 bits per heavy atom. The fourth-order valence-electron chi connectivity index (χ4n) is 3.38. The standard InChI is InChI=1S/C19H19N7O2/c20-16(27)14-15(22-9-8-21-14)19(28)26-10-4-7-13(11-26)18-23-17(24-25-18)12-5-2-1-3-6-12/h1-3,5-6,8-9,13H,4,7,10-11H2,(H2,20,27)(H,23,24,25). The van der Waals surface area contributed by atoms with E-state index in [0.29, 0.717) is 18.9 Å². The molecule has 1 saturated heterocycles. The summed E-state index contributed by atoms with van der Waals surface area (Å²) in [7, 11) is 0. The molecule has 2 aromatic heterocycles. The Morgan fingerprint density at radius 3 is 2.61 bits per heavy atom. The normalized spacial score (nSPS) is 16.7. The van der Waals surface area contributed by atoms with Crippen molar-refractivity contribution in [1.82, 2.24) is 30.0 Å². The Morgan fingerprint density at radius 2 is 1.86 bits per heavy atom. The Kier molecular flexibility index (Phi) is 4.79. The quantitative estimate of drug-likeness (QED) is 0.706. The highest BCUT2D eigenvalue weighted by molar-refractivity contribution is 6.04. The number of aromatic amines is 1. The van der Waals surface area contributed by atoms with Crippen LogP contribution < -0.4 is 5.73 Å². The average Bonchev–Trinajstić information content (AvgIpc) is 3.24. The van der Waals surface area contributed by atoms with Gasteiger partial charge in [-0.2, -0.15) is 5.10 Å². The molecule has 2 amide bonds. The van der Waals surface area contributed by atoms with Gasteiger partial charge in [0.2, 0.25) is 0 Å². The summed E-state index contributed by atoms with van der Waals surface area (Å²) in [6.07, 6.45) is 4.42. The Labute approximate surface area is 161 Å². The van der Waals surface area contributed by atoms with E-state index in [1.807, 2.05) is 30.3 Å². The largest absolute Gasteiger partial charge is 0.364 e. The number of rotatable bonds is 4. The van der Waals surface area contributed by atoms with Gasteiger partial charge in [-0.1, -0.05) is 30.3 Å². The zero-order valence-electron chi connectivity index (χ0n) is 15.1. The molecule has 3 N–H and O–H groups in total. The van der Waals surface area contributed by atoms with Gasteiger partial charge in [0.05, 0.1) is 0 Å². The van der Waals surface area contributed by atoms with Gasteiger partial charge in [-0.05, 0) is 12.8 Å². The lowest BCUT2D eigenvalue weighted by molar-refractivity contribution is 0.0693. The molecule has 1 atom stereocenters. The van der Waals surface area contributed by atoms with Crippen molar-refractivity contribution in [2.45, 2.75) is 18.8 Å². The molecule has 3 aromatic rings. The van der Waals surface area contributed by atoms with Crippen LogP contribution in [-0.2, 0) is 0 Å². The minimum atomic E-state index is -0.771. The van der Waals surface area contributed by atoms with Gasteiger partial charge in [0.15, 0.2) is 17.2 Å². The van der Waals surface area contributed by atoms with Gasteiger partial charge in [0, 0.05) is 37.0 Å². The number of primary amides is 1. The number of carbonyl (C=O) groups is 2. The number of nitrogens with one attached hydrogen (secondary N) is 1. The second-order valence-electron chi connectivity index (χ2n) is 6.62. The van der Waals surface area contributed by atoms with Gasteiger partial charge in [-0.3, -0.25) is 14.7 Å². The molecular formula is C19H19N7O2. The lowest BCUT2D eigenvalue weighted by Gasteiger charge is -2.31. The molecule has 0 spiro atoms. The number of likely N-dealkylation sites (tertiary alicyclic amines) is 1. The van der Waals surface area contributed by atoms with Gasteiger partial charge < -0.3 is 10.6 Å². The molecule has 0 aliphatic carbocycles. The van der Waals surface area contributed by atoms with Crippen molar-refractivity contribution in [3.05, 3.63) is 59.9 Å². The van der Waals surface area contributed by atoms with Crippen LogP contribution in [0.25, 0.3) is 11.4 Å². The molecule has 1 aromatic carbocycles. The van der Waals surface area contributed by atoms with E-state index in [4.69, 9.17) is 5.73 Å². The first-order valence-electron chi connectivity index (χ1n) is 9.01. The maximum absolute atomic E-state index is 12.9. The van der Waals surface area contributed by atoms with E-state index in [-0.39, 0.29) is 23.2 Å². The number of benzene rings is 1. The predicted molar refractivity (Wildman–Crippen MR) is 100 cm³/mol. The monoisotopic (exact) mass is 377 g/mol. The molecule has 1 aliphatic heterocycles. The Balaban J connectivity index is 1.53. The van der Waals surface area contributed by atoms with Crippen molar-refractivity contribution in [3.63, 3.8) is 0 Å². The van der Waals surface area contributed by atoms with Gasteiger partial charge in [-0.25, -0.2) is 15.0 Å². The van der Waals surface area contributed by atoms with Crippen LogP contribution in [-0.4, -0.2) is 55.0 Å². The minimum absolute atomic E-state index is 0.0156. The molecule has 1 aliphatic rings. The molecule has 0 bridgehead atoms. The molecule has 4 rings (SSSR count). The van der Waals surface area contributed by atoms with Crippen LogP contribution in [0.15, 0.2) is 42.7 Å². The Bertz CT molecular complexity index is 1000. The van der Waals surface area contributed by atoms with E-state index in [2.05, 4.69) is 25.1 Å². The van der Waals surface area contributed by atoms with E-state index in [0.717, 1.165) is 24.2 Å². The number of amides is 2. The van der Waals surface area contributed by atoms with Crippen LogP contribution in [0, 0.1) is 0 Å².